The molecule has 0 amide bonds. The molecule has 5 heteroatoms. The first kappa shape index (κ1) is 23.3. The molecule has 0 aliphatic heterocycles. The minimum Gasteiger partial charge on any atom is -0.481 e. The summed E-state index contributed by atoms with van der Waals surface area (Å²) in [6, 6.07) is 9.61. The van der Waals surface area contributed by atoms with Gasteiger partial charge in [-0.05, 0) is 80.9 Å². The van der Waals surface area contributed by atoms with Crippen LogP contribution in [0, 0.1) is 28.1 Å². The molecular weight excluding hydrogens is 428 g/mol. The summed E-state index contributed by atoms with van der Waals surface area (Å²) in [6.45, 7) is 8.31. The third-order valence-corrected chi connectivity index (χ3v) is 10.3. The van der Waals surface area contributed by atoms with Crippen LogP contribution < -0.4 is 0 Å². The van der Waals surface area contributed by atoms with Gasteiger partial charge < -0.3 is 14.9 Å². The second-order valence-corrected chi connectivity index (χ2v) is 11.7. The van der Waals surface area contributed by atoms with E-state index >= 15 is 0 Å². The van der Waals surface area contributed by atoms with Crippen LogP contribution in [0.4, 0.5) is 0 Å². The minimum atomic E-state index is -1.09. The Labute approximate surface area is 201 Å². The molecule has 2 N–H and O–H groups in total. The Morgan fingerprint density at radius 3 is 2.53 bits per heavy atom. The largest absolute Gasteiger partial charge is 0.481 e. The van der Waals surface area contributed by atoms with E-state index in [1.54, 1.807) is 6.08 Å². The first-order valence-corrected chi connectivity index (χ1v) is 12.7. The molecule has 7 unspecified atom stereocenters. The maximum atomic E-state index is 12.9. The predicted molar refractivity (Wildman–Crippen MR) is 130 cm³/mol. The van der Waals surface area contributed by atoms with Crippen molar-refractivity contribution in [2.45, 2.75) is 76.9 Å². The molecule has 0 aromatic heterocycles. The number of esters is 1. The van der Waals surface area contributed by atoms with Crippen LogP contribution >= 0.6 is 0 Å². The van der Waals surface area contributed by atoms with Gasteiger partial charge in [0.15, 0.2) is 0 Å². The normalized spacial score (nSPS) is 43.3. The van der Waals surface area contributed by atoms with Crippen LogP contribution in [0.1, 0.15) is 70.8 Å². The first-order valence-electron chi connectivity index (χ1n) is 12.7. The van der Waals surface area contributed by atoms with Crippen molar-refractivity contribution < 1.29 is 24.5 Å². The van der Waals surface area contributed by atoms with Gasteiger partial charge in [-0.1, -0.05) is 50.3 Å². The molecule has 0 radical (unpaired) electrons. The van der Waals surface area contributed by atoms with E-state index in [2.05, 4.69) is 13.5 Å². The van der Waals surface area contributed by atoms with E-state index in [1.807, 2.05) is 37.3 Å². The molecule has 0 heterocycles. The molecular formula is C29H36O5. The molecule has 34 heavy (non-hydrogen) atoms. The maximum Gasteiger partial charge on any atom is 0.331 e. The fraction of sp³-hybridized carbons (Fsp3) is 0.586. The summed E-state index contributed by atoms with van der Waals surface area (Å²) in [5.41, 5.74) is -1.26. The Bertz CT molecular complexity index is 1050. The number of carbonyl (C=O) groups excluding carboxylic acids is 1. The van der Waals surface area contributed by atoms with E-state index in [4.69, 9.17) is 4.74 Å². The third-order valence-electron chi connectivity index (χ3n) is 10.3. The number of hydrogen-bond donors (Lipinski definition) is 2. The van der Waals surface area contributed by atoms with E-state index in [1.165, 1.54) is 6.08 Å². The Hall–Kier alpha value is -2.40. The average molecular weight is 465 g/mol. The van der Waals surface area contributed by atoms with Crippen molar-refractivity contribution in [1.82, 2.24) is 0 Å². The summed E-state index contributed by atoms with van der Waals surface area (Å²) in [4.78, 5) is 25.3. The monoisotopic (exact) mass is 464 g/mol. The number of ether oxygens (including phenoxy) is 1. The highest BCUT2D eigenvalue weighted by atomic mass is 16.5. The van der Waals surface area contributed by atoms with Crippen LogP contribution in [0.15, 0.2) is 48.6 Å². The zero-order chi connectivity index (χ0) is 24.4. The van der Waals surface area contributed by atoms with Gasteiger partial charge in [-0.2, -0.15) is 0 Å². The van der Waals surface area contributed by atoms with Crippen molar-refractivity contribution in [1.29, 1.82) is 0 Å². The molecule has 1 aromatic carbocycles. The maximum absolute atomic E-state index is 12.9. The average Bonchev–Trinajstić information content (AvgIpc) is 3.03. The van der Waals surface area contributed by atoms with Crippen molar-refractivity contribution in [3.8, 4) is 0 Å². The molecule has 1 aromatic rings. The number of carboxylic acids is 1. The van der Waals surface area contributed by atoms with Gasteiger partial charge in [-0.25, -0.2) is 4.79 Å². The highest BCUT2D eigenvalue weighted by Crippen LogP contribution is 2.74. The number of aliphatic carboxylic acids is 1. The number of rotatable bonds is 4. The Morgan fingerprint density at radius 1 is 1.09 bits per heavy atom. The summed E-state index contributed by atoms with van der Waals surface area (Å²) in [5.74, 6) is -1.07. The van der Waals surface area contributed by atoms with Gasteiger partial charge in [0.25, 0.3) is 0 Å². The van der Waals surface area contributed by atoms with Crippen LogP contribution in [0.25, 0.3) is 6.08 Å². The highest BCUT2D eigenvalue weighted by Gasteiger charge is 2.75. The number of hydrogen-bond acceptors (Lipinski definition) is 4. The summed E-state index contributed by atoms with van der Waals surface area (Å²) < 4.78 is 6.11. The van der Waals surface area contributed by atoms with E-state index < -0.39 is 39.9 Å². The third kappa shape index (κ3) is 3.02. The van der Waals surface area contributed by atoms with Crippen LogP contribution in [0.5, 0.6) is 0 Å². The molecule has 4 saturated carbocycles. The molecule has 7 atom stereocenters. The van der Waals surface area contributed by atoms with E-state index in [0.717, 1.165) is 43.2 Å². The van der Waals surface area contributed by atoms with Gasteiger partial charge in [0.2, 0.25) is 0 Å². The lowest BCUT2D eigenvalue weighted by Gasteiger charge is -2.68. The summed E-state index contributed by atoms with van der Waals surface area (Å²) in [6.07, 6.45) is 8.41. The van der Waals surface area contributed by atoms with E-state index in [0.29, 0.717) is 19.3 Å². The fourth-order valence-corrected chi connectivity index (χ4v) is 8.58. The highest BCUT2D eigenvalue weighted by molar-refractivity contribution is 5.87. The molecule has 4 aliphatic rings. The minimum absolute atomic E-state index is 0.110. The van der Waals surface area contributed by atoms with Crippen LogP contribution in [0.3, 0.4) is 0 Å². The Kier molecular flexibility index (Phi) is 5.36. The zero-order valence-corrected chi connectivity index (χ0v) is 20.3. The van der Waals surface area contributed by atoms with Gasteiger partial charge >= 0.3 is 11.9 Å². The van der Waals surface area contributed by atoms with Crippen molar-refractivity contribution in [3.63, 3.8) is 0 Å². The van der Waals surface area contributed by atoms with Gasteiger partial charge in [0.1, 0.15) is 6.10 Å². The Morgan fingerprint density at radius 2 is 1.82 bits per heavy atom. The van der Waals surface area contributed by atoms with Crippen LogP contribution in [-0.4, -0.2) is 33.9 Å². The molecule has 5 rings (SSSR count). The van der Waals surface area contributed by atoms with Crippen LogP contribution in [0.2, 0.25) is 0 Å². The smallest absolute Gasteiger partial charge is 0.331 e. The molecule has 4 aliphatic carbocycles. The molecule has 2 bridgehead atoms. The van der Waals surface area contributed by atoms with Crippen molar-refractivity contribution in [2.24, 2.45) is 28.1 Å². The number of carbonyl (C=O) groups is 2. The number of aliphatic hydroxyl groups is 1. The second-order valence-electron chi connectivity index (χ2n) is 11.7. The second kappa shape index (κ2) is 7.81. The quantitative estimate of drug-likeness (QED) is 0.355. The SMILES string of the molecule is C=C1C2CCC3(O)C4(C)CCCC(C)(C(=O)O)C4CCC3(C2)C1OC(=O)C=Cc1ccccc1. The molecule has 5 nitrogen and oxygen atoms in total. The standard InChI is InChI=1S/C29H36O5/c1-19-21-12-17-29(33)27(3)15-7-14-26(2,25(31)32)22(27)13-16-28(29,18-21)24(19)34-23(30)11-10-20-8-5-4-6-9-20/h4-6,8-11,21-22,24,33H,1,7,12-18H2,2-3H3,(H,31,32). The predicted octanol–water partition coefficient (Wildman–Crippen LogP) is 5.39. The van der Waals surface area contributed by atoms with E-state index in [-0.39, 0.29) is 11.8 Å². The number of fused-ring (bicyclic) bond motifs is 3. The van der Waals surface area contributed by atoms with Gasteiger partial charge in [-0.3, -0.25) is 4.79 Å². The van der Waals surface area contributed by atoms with Crippen molar-refractivity contribution in [2.75, 3.05) is 0 Å². The first-order chi connectivity index (χ1) is 16.1. The Balaban J connectivity index is 1.49. The number of carboxylic acid groups (broad SMARTS) is 1. The lowest BCUT2D eigenvalue weighted by atomic mass is 9.38. The summed E-state index contributed by atoms with van der Waals surface area (Å²) >= 11 is 0. The number of benzene rings is 1. The fourth-order valence-electron chi connectivity index (χ4n) is 8.58. The molecule has 182 valence electrons. The molecule has 4 fully saturated rings. The van der Waals surface area contributed by atoms with Gasteiger partial charge in [0.05, 0.1) is 11.0 Å². The zero-order valence-electron chi connectivity index (χ0n) is 20.3. The van der Waals surface area contributed by atoms with Gasteiger partial charge in [-0.15, -0.1) is 0 Å². The van der Waals surface area contributed by atoms with Gasteiger partial charge in [0, 0.05) is 16.9 Å². The van der Waals surface area contributed by atoms with Crippen LogP contribution in [-0.2, 0) is 14.3 Å². The summed E-state index contributed by atoms with van der Waals surface area (Å²) in [7, 11) is 0. The topological polar surface area (TPSA) is 83.8 Å². The lowest BCUT2D eigenvalue weighted by Crippen LogP contribution is -2.71. The van der Waals surface area contributed by atoms with Crippen molar-refractivity contribution >= 4 is 18.0 Å². The van der Waals surface area contributed by atoms with Crippen molar-refractivity contribution in [3.05, 3.63) is 54.1 Å². The molecule has 1 spiro atoms. The molecule has 0 saturated heterocycles. The van der Waals surface area contributed by atoms with E-state index in [9.17, 15) is 19.8 Å². The summed E-state index contributed by atoms with van der Waals surface area (Å²) in [5, 5.41) is 22.8. The lowest BCUT2D eigenvalue weighted by molar-refractivity contribution is -0.278.